The molecule has 0 fully saturated rings. The molecular formula is C8H18N2O. The Balaban J connectivity index is 3.43. The summed E-state index contributed by atoms with van der Waals surface area (Å²) in [5.41, 5.74) is 0. The molecule has 1 atom stereocenters. The first kappa shape index (κ1) is 10.4. The van der Waals surface area contributed by atoms with E-state index in [4.69, 9.17) is 0 Å². The van der Waals surface area contributed by atoms with Crippen LogP contribution in [0.3, 0.4) is 0 Å². The van der Waals surface area contributed by atoms with E-state index < -0.39 is 0 Å². The van der Waals surface area contributed by atoms with Crippen LogP contribution < -0.4 is 5.32 Å². The van der Waals surface area contributed by atoms with Gasteiger partial charge >= 0.3 is 0 Å². The van der Waals surface area contributed by atoms with Crippen molar-refractivity contribution in [2.45, 2.75) is 25.8 Å². The van der Waals surface area contributed by atoms with Gasteiger partial charge in [0, 0.05) is 6.04 Å². The molecule has 1 N–H and O–H groups in total. The molecule has 3 nitrogen and oxygen atoms in total. The molecule has 0 radical (unpaired) electrons. The second kappa shape index (κ2) is 6.16. The molecule has 0 spiro atoms. The maximum Gasteiger partial charge on any atom is 0.207 e. The second-order valence-corrected chi connectivity index (χ2v) is 2.98. The Bertz CT molecular complexity index is 104. The van der Waals surface area contributed by atoms with Crippen molar-refractivity contribution in [3.63, 3.8) is 0 Å². The van der Waals surface area contributed by atoms with Crippen molar-refractivity contribution in [3.8, 4) is 0 Å². The van der Waals surface area contributed by atoms with Crippen LogP contribution >= 0.6 is 0 Å². The third-order valence-electron chi connectivity index (χ3n) is 1.72. The molecule has 0 rings (SSSR count). The monoisotopic (exact) mass is 158 g/mol. The Labute approximate surface area is 68.8 Å². The molecule has 3 heteroatoms. The van der Waals surface area contributed by atoms with Crippen LogP contribution in [-0.4, -0.2) is 38.0 Å². The van der Waals surface area contributed by atoms with Gasteiger partial charge in [0.1, 0.15) is 0 Å². The number of hydrogen-bond acceptors (Lipinski definition) is 2. The molecule has 11 heavy (non-hydrogen) atoms. The number of amides is 1. The molecular weight excluding hydrogens is 140 g/mol. The minimum absolute atomic E-state index is 0.342. The van der Waals surface area contributed by atoms with E-state index >= 15 is 0 Å². The lowest BCUT2D eigenvalue weighted by molar-refractivity contribution is -0.110. The summed E-state index contributed by atoms with van der Waals surface area (Å²) in [7, 11) is 4.07. The van der Waals surface area contributed by atoms with Crippen LogP contribution in [0.5, 0.6) is 0 Å². The van der Waals surface area contributed by atoms with Crippen LogP contribution in [0.2, 0.25) is 0 Å². The SMILES string of the molecule is CCC(CCN(C)C)NC=O. The predicted molar refractivity (Wildman–Crippen MR) is 46.4 cm³/mol. The largest absolute Gasteiger partial charge is 0.356 e. The highest BCUT2D eigenvalue weighted by Crippen LogP contribution is 1.96. The first-order chi connectivity index (χ1) is 5.20. The molecule has 0 saturated heterocycles. The lowest BCUT2D eigenvalue weighted by atomic mass is 10.1. The first-order valence-electron chi connectivity index (χ1n) is 4.05. The standard InChI is InChI=1S/C8H18N2O/c1-4-8(9-7-11)5-6-10(2)3/h7-8H,4-6H2,1-3H3,(H,9,11). The van der Waals surface area contributed by atoms with E-state index in [1.807, 2.05) is 14.1 Å². The van der Waals surface area contributed by atoms with E-state index in [-0.39, 0.29) is 0 Å². The average Bonchev–Trinajstić information content (AvgIpc) is 1.97. The van der Waals surface area contributed by atoms with Crippen LogP contribution in [0.15, 0.2) is 0 Å². The van der Waals surface area contributed by atoms with E-state index in [2.05, 4.69) is 17.1 Å². The van der Waals surface area contributed by atoms with Crippen LogP contribution in [0.4, 0.5) is 0 Å². The smallest absolute Gasteiger partial charge is 0.207 e. The van der Waals surface area contributed by atoms with E-state index in [1.54, 1.807) is 0 Å². The van der Waals surface area contributed by atoms with Gasteiger partial charge in [-0.05, 0) is 33.5 Å². The van der Waals surface area contributed by atoms with Gasteiger partial charge < -0.3 is 10.2 Å². The molecule has 0 bridgehead atoms. The lowest BCUT2D eigenvalue weighted by Crippen LogP contribution is -2.30. The summed E-state index contributed by atoms with van der Waals surface area (Å²) in [6.07, 6.45) is 2.82. The Kier molecular flexibility index (Phi) is 5.84. The minimum Gasteiger partial charge on any atom is -0.356 e. The van der Waals surface area contributed by atoms with Crippen molar-refractivity contribution in [1.82, 2.24) is 10.2 Å². The van der Waals surface area contributed by atoms with Crippen molar-refractivity contribution >= 4 is 6.41 Å². The second-order valence-electron chi connectivity index (χ2n) is 2.98. The third kappa shape index (κ3) is 5.85. The molecule has 1 unspecified atom stereocenters. The molecule has 66 valence electrons. The highest BCUT2D eigenvalue weighted by Gasteiger charge is 2.03. The van der Waals surface area contributed by atoms with E-state index in [0.717, 1.165) is 25.8 Å². The van der Waals surface area contributed by atoms with Crippen molar-refractivity contribution in [1.29, 1.82) is 0 Å². The average molecular weight is 158 g/mol. The number of carbonyl (C=O) groups excluding carboxylic acids is 1. The minimum atomic E-state index is 0.342. The number of nitrogens with one attached hydrogen (secondary N) is 1. The number of nitrogens with zero attached hydrogens (tertiary/aromatic N) is 1. The molecule has 0 aliphatic carbocycles. The fourth-order valence-corrected chi connectivity index (χ4v) is 0.916. The number of carbonyl (C=O) groups is 1. The zero-order chi connectivity index (χ0) is 8.69. The predicted octanol–water partition coefficient (Wildman–Crippen LogP) is 0.463. The Morgan fingerprint density at radius 3 is 2.55 bits per heavy atom. The summed E-state index contributed by atoms with van der Waals surface area (Å²) in [6.45, 7) is 3.11. The highest BCUT2D eigenvalue weighted by atomic mass is 16.1. The normalized spacial score (nSPS) is 13.1. The van der Waals surface area contributed by atoms with Gasteiger partial charge in [-0.1, -0.05) is 6.92 Å². The van der Waals surface area contributed by atoms with Crippen molar-refractivity contribution in [3.05, 3.63) is 0 Å². The Morgan fingerprint density at radius 2 is 2.18 bits per heavy atom. The molecule has 0 heterocycles. The summed E-state index contributed by atoms with van der Waals surface area (Å²) in [4.78, 5) is 12.2. The van der Waals surface area contributed by atoms with Gasteiger partial charge in [-0.25, -0.2) is 0 Å². The number of hydrogen-bond donors (Lipinski definition) is 1. The van der Waals surface area contributed by atoms with Crippen LogP contribution in [0.25, 0.3) is 0 Å². The van der Waals surface area contributed by atoms with Gasteiger partial charge in [-0.3, -0.25) is 4.79 Å². The van der Waals surface area contributed by atoms with Crippen LogP contribution in [0, 0.1) is 0 Å². The van der Waals surface area contributed by atoms with Gasteiger partial charge in [0.25, 0.3) is 0 Å². The topological polar surface area (TPSA) is 32.3 Å². The van der Waals surface area contributed by atoms with Gasteiger partial charge in [-0.15, -0.1) is 0 Å². The molecule has 0 aromatic heterocycles. The maximum absolute atomic E-state index is 10.1. The fourth-order valence-electron chi connectivity index (χ4n) is 0.916. The molecule has 0 saturated carbocycles. The highest BCUT2D eigenvalue weighted by molar-refractivity contribution is 5.46. The van der Waals surface area contributed by atoms with Gasteiger partial charge in [-0.2, -0.15) is 0 Å². The zero-order valence-electron chi connectivity index (χ0n) is 7.63. The lowest BCUT2D eigenvalue weighted by Gasteiger charge is -2.16. The molecule has 1 amide bonds. The summed E-state index contributed by atoms with van der Waals surface area (Å²) < 4.78 is 0. The first-order valence-corrected chi connectivity index (χ1v) is 4.05. The van der Waals surface area contributed by atoms with Crippen LogP contribution in [-0.2, 0) is 4.79 Å². The van der Waals surface area contributed by atoms with Crippen LogP contribution in [0.1, 0.15) is 19.8 Å². The van der Waals surface area contributed by atoms with Gasteiger partial charge in [0.05, 0.1) is 0 Å². The summed E-state index contributed by atoms with van der Waals surface area (Å²) in [5, 5.41) is 2.78. The summed E-state index contributed by atoms with van der Waals surface area (Å²) >= 11 is 0. The maximum atomic E-state index is 10.1. The van der Waals surface area contributed by atoms with Gasteiger partial charge in [0.15, 0.2) is 0 Å². The van der Waals surface area contributed by atoms with Gasteiger partial charge in [0.2, 0.25) is 6.41 Å². The van der Waals surface area contributed by atoms with Crippen molar-refractivity contribution in [2.24, 2.45) is 0 Å². The number of rotatable bonds is 6. The third-order valence-corrected chi connectivity index (χ3v) is 1.72. The summed E-state index contributed by atoms with van der Waals surface area (Å²) in [5.74, 6) is 0. The Morgan fingerprint density at radius 1 is 1.55 bits per heavy atom. The molecule has 0 aliphatic rings. The van der Waals surface area contributed by atoms with E-state index in [1.165, 1.54) is 0 Å². The molecule has 0 aromatic rings. The molecule has 0 aliphatic heterocycles. The van der Waals surface area contributed by atoms with E-state index in [9.17, 15) is 4.79 Å². The quantitative estimate of drug-likeness (QED) is 0.570. The fraction of sp³-hybridized carbons (Fsp3) is 0.875. The molecule has 0 aromatic carbocycles. The van der Waals surface area contributed by atoms with Crippen molar-refractivity contribution in [2.75, 3.05) is 20.6 Å². The van der Waals surface area contributed by atoms with E-state index in [0.29, 0.717) is 6.04 Å². The van der Waals surface area contributed by atoms with Crippen molar-refractivity contribution < 1.29 is 4.79 Å². The Hall–Kier alpha value is -0.570. The summed E-state index contributed by atoms with van der Waals surface area (Å²) in [6, 6.07) is 0.342. The zero-order valence-corrected chi connectivity index (χ0v) is 7.63.